The molecule has 0 saturated heterocycles. The van der Waals surface area contributed by atoms with E-state index in [1.807, 2.05) is 17.4 Å². The fourth-order valence-electron chi connectivity index (χ4n) is 7.37. The number of benzene rings is 5. The normalized spacial score (nSPS) is 14.0. The van der Waals surface area contributed by atoms with Crippen LogP contribution in [0.4, 0.5) is 34.1 Å². The van der Waals surface area contributed by atoms with Gasteiger partial charge in [-0.1, -0.05) is 94.1 Å². The molecular formula is C38H29BN2S. The first-order chi connectivity index (χ1) is 20.4. The van der Waals surface area contributed by atoms with E-state index < -0.39 is 0 Å². The fourth-order valence-corrected chi connectivity index (χ4v) is 8.71. The Morgan fingerprint density at radius 1 is 0.714 bits per heavy atom. The molecule has 0 aliphatic carbocycles. The Kier molecular flexibility index (Phi) is 4.75. The van der Waals surface area contributed by atoms with Gasteiger partial charge in [0.15, 0.2) is 0 Å². The van der Waals surface area contributed by atoms with Crippen LogP contribution in [0.3, 0.4) is 0 Å². The second-order valence-electron chi connectivity index (χ2n) is 12.6. The van der Waals surface area contributed by atoms with Gasteiger partial charge in [-0.15, -0.1) is 11.3 Å². The molecule has 3 aliphatic rings. The molecule has 3 aliphatic heterocycles. The summed E-state index contributed by atoms with van der Waals surface area (Å²) in [6.07, 6.45) is 2.00. The van der Waals surface area contributed by atoms with Gasteiger partial charge in [0.25, 0.3) is 6.71 Å². The zero-order valence-electron chi connectivity index (χ0n) is 24.0. The van der Waals surface area contributed by atoms with Crippen LogP contribution in [-0.4, -0.2) is 6.71 Å². The minimum absolute atomic E-state index is 0.101. The SMILES string of the molecule is C=Cc1cc2c3c(c1)N1c4ccccc4-c4cccc5sc(c1c45)B3c1ccccc1N2c1ccc(C(C)(C)C)cc1. The number of anilines is 6. The van der Waals surface area contributed by atoms with E-state index in [0.29, 0.717) is 0 Å². The Balaban J connectivity index is 1.40. The Morgan fingerprint density at radius 3 is 2.17 bits per heavy atom. The van der Waals surface area contributed by atoms with Gasteiger partial charge in [0.2, 0.25) is 0 Å². The molecule has 0 saturated carbocycles. The number of hydrogen-bond acceptors (Lipinski definition) is 3. The molecule has 0 amide bonds. The standard InChI is InChI=1S/C38H29BN2S/c1-5-23-21-31-35-32(22-23)41-29-14-8-6-11-26(29)27-12-10-16-33-34(27)36(41)37(42-33)39(35)28-13-7-9-15-30(28)40(31)25-19-17-24(18-20-25)38(2,3)4/h5-22H,1H2,2-4H3. The highest BCUT2D eigenvalue weighted by Crippen LogP contribution is 2.55. The highest BCUT2D eigenvalue weighted by molar-refractivity contribution is 7.33. The van der Waals surface area contributed by atoms with Crippen LogP contribution in [0.2, 0.25) is 0 Å². The number of thiophene rings is 1. The number of para-hydroxylation sites is 2. The number of rotatable bonds is 2. The zero-order chi connectivity index (χ0) is 28.3. The van der Waals surface area contributed by atoms with E-state index >= 15 is 0 Å². The van der Waals surface area contributed by atoms with Crippen LogP contribution in [0.5, 0.6) is 0 Å². The third kappa shape index (κ3) is 3.05. The molecule has 200 valence electrons. The summed E-state index contributed by atoms with van der Waals surface area (Å²) < 4.78 is 2.79. The number of hydrogen-bond donors (Lipinski definition) is 0. The van der Waals surface area contributed by atoms with E-state index in [4.69, 9.17) is 0 Å². The van der Waals surface area contributed by atoms with E-state index in [1.165, 1.54) is 76.6 Å². The zero-order valence-corrected chi connectivity index (χ0v) is 24.8. The van der Waals surface area contributed by atoms with Crippen molar-refractivity contribution in [1.82, 2.24) is 0 Å². The van der Waals surface area contributed by atoms with Crippen molar-refractivity contribution in [2.45, 2.75) is 26.2 Å². The van der Waals surface area contributed by atoms with Crippen molar-refractivity contribution in [3.8, 4) is 11.1 Å². The Bertz CT molecular complexity index is 2110. The van der Waals surface area contributed by atoms with Gasteiger partial charge in [-0.3, -0.25) is 0 Å². The van der Waals surface area contributed by atoms with Crippen molar-refractivity contribution < 1.29 is 0 Å². The maximum atomic E-state index is 4.23. The van der Waals surface area contributed by atoms with E-state index in [0.717, 1.165) is 5.56 Å². The summed E-state index contributed by atoms with van der Waals surface area (Å²) in [7, 11) is 0. The molecule has 0 bridgehead atoms. The predicted octanol–water partition coefficient (Wildman–Crippen LogP) is 8.90. The Morgan fingerprint density at radius 2 is 1.40 bits per heavy atom. The summed E-state index contributed by atoms with van der Waals surface area (Å²) in [6.45, 7) is 11.2. The van der Waals surface area contributed by atoms with Crippen molar-refractivity contribution >= 4 is 84.0 Å². The third-order valence-electron chi connectivity index (χ3n) is 9.28. The minimum atomic E-state index is 0.101. The van der Waals surface area contributed by atoms with Gasteiger partial charge in [0, 0.05) is 43.2 Å². The molecule has 9 rings (SSSR count). The molecule has 0 fully saturated rings. The van der Waals surface area contributed by atoms with E-state index in [2.05, 4.69) is 140 Å². The summed E-state index contributed by atoms with van der Waals surface area (Å²) in [5.74, 6) is 0. The van der Waals surface area contributed by atoms with Gasteiger partial charge < -0.3 is 9.80 Å². The molecular weight excluding hydrogens is 527 g/mol. The highest BCUT2D eigenvalue weighted by Gasteiger charge is 2.46. The summed E-state index contributed by atoms with van der Waals surface area (Å²) in [5, 5.41) is 1.38. The van der Waals surface area contributed by atoms with Crippen LogP contribution in [0.15, 0.2) is 110 Å². The lowest BCUT2D eigenvalue weighted by Crippen LogP contribution is -2.60. The average Bonchev–Trinajstić information content (AvgIpc) is 3.40. The van der Waals surface area contributed by atoms with Crippen LogP contribution >= 0.6 is 11.3 Å². The van der Waals surface area contributed by atoms with Crippen LogP contribution in [0, 0.1) is 0 Å². The summed E-state index contributed by atoms with van der Waals surface area (Å²) in [6, 6.07) is 38.6. The van der Waals surface area contributed by atoms with Crippen molar-refractivity contribution in [3.63, 3.8) is 0 Å². The molecule has 0 N–H and O–H groups in total. The smallest absolute Gasteiger partial charge is 0.264 e. The second kappa shape index (κ2) is 8.27. The second-order valence-corrected chi connectivity index (χ2v) is 13.7. The van der Waals surface area contributed by atoms with Crippen molar-refractivity contribution in [2.24, 2.45) is 0 Å². The van der Waals surface area contributed by atoms with Crippen LogP contribution in [0.25, 0.3) is 27.3 Å². The summed E-state index contributed by atoms with van der Waals surface area (Å²) >= 11 is 1.96. The molecule has 0 unspecified atom stereocenters. The van der Waals surface area contributed by atoms with Gasteiger partial charge in [-0.05, 0) is 75.5 Å². The average molecular weight is 557 g/mol. The largest absolute Gasteiger partial charge is 0.311 e. The van der Waals surface area contributed by atoms with Gasteiger partial charge in [-0.25, -0.2) is 0 Å². The lowest BCUT2D eigenvalue weighted by molar-refractivity contribution is 0.590. The molecule has 6 aromatic rings. The lowest BCUT2D eigenvalue weighted by atomic mass is 9.36. The first-order valence-corrected chi connectivity index (χ1v) is 15.5. The van der Waals surface area contributed by atoms with Crippen LogP contribution in [-0.2, 0) is 5.41 Å². The van der Waals surface area contributed by atoms with Crippen molar-refractivity contribution in [2.75, 3.05) is 9.80 Å². The topological polar surface area (TPSA) is 6.48 Å². The molecule has 0 spiro atoms. The maximum Gasteiger partial charge on any atom is 0.264 e. The number of fused-ring (bicyclic) bond motifs is 7. The van der Waals surface area contributed by atoms with Crippen LogP contribution in [0.1, 0.15) is 31.9 Å². The van der Waals surface area contributed by atoms with Crippen LogP contribution < -0.4 is 25.5 Å². The molecule has 42 heavy (non-hydrogen) atoms. The summed E-state index contributed by atoms with van der Waals surface area (Å²) in [5.41, 5.74) is 15.5. The summed E-state index contributed by atoms with van der Waals surface area (Å²) in [4.78, 5) is 5.03. The van der Waals surface area contributed by atoms with Gasteiger partial charge >= 0.3 is 0 Å². The molecule has 0 atom stereocenters. The van der Waals surface area contributed by atoms with E-state index in [9.17, 15) is 0 Å². The minimum Gasteiger partial charge on any atom is -0.311 e. The number of nitrogens with zero attached hydrogens (tertiary/aromatic N) is 2. The molecule has 4 heteroatoms. The fraction of sp³-hybridized carbons (Fsp3) is 0.105. The van der Waals surface area contributed by atoms with Crippen molar-refractivity contribution in [1.29, 1.82) is 0 Å². The Labute approximate surface area is 251 Å². The molecule has 1 aromatic heterocycles. The predicted molar refractivity (Wildman–Crippen MR) is 184 cm³/mol. The monoisotopic (exact) mass is 556 g/mol. The van der Waals surface area contributed by atoms with Gasteiger partial charge in [-0.2, -0.15) is 0 Å². The highest BCUT2D eigenvalue weighted by atomic mass is 32.1. The third-order valence-corrected chi connectivity index (χ3v) is 10.5. The van der Waals surface area contributed by atoms with E-state index in [1.54, 1.807) is 0 Å². The Hall–Kier alpha value is -4.54. The van der Waals surface area contributed by atoms with E-state index in [-0.39, 0.29) is 12.1 Å². The lowest BCUT2D eigenvalue weighted by Gasteiger charge is -2.44. The molecule has 5 aromatic carbocycles. The molecule has 4 heterocycles. The quantitative estimate of drug-likeness (QED) is 0.196. The first kappa shape index (κ1) is 24.1. The molecule has 2 nitrogen and oxygen atoms in total. The van der Waals surface area contributed by atoms with Gasteiger partial charge in [0.1, 0.15) is 0 Å². The maximum absolute atomic E-state index is 4.23. The van der Waals surface area contributed by atoms with Crippen molar-refractivity contribution in [3.05, 3.63) is 121 Å². The molecule has 0 radical (unpaired) electrons. The van der Waals surface area contributed by atoms with Gasteiger partial charge in [0.05, 0.1) is 11.4 Å². The first-order valence-electron chi connectivity index (χ1n) is 14.7.